The highest BCUT2D eigenvalue weighted by Crippen LogP contribution is 2.42. The standard InChI is InChI=1S/C25H20NOPS/c27-28(22-13-6-2-7-14-22,23-15-8-3-9-16-23)26-24(25-17-10-20-29-25)19-18-21-11-4-1-5-12-21/h1-17,20,24H,(H,26,27). The van der Waals surface area contributed by atoms with Gasteiger partial charge in [-0.05, 0) is 47.8 Å². The largest absolute Gasteiger partial charge is 0.296 e. The van der Waals surface area contributed by atoms with Gasteiger partial charge < -0.3 is 0 Å². The lowest BCUT2D eigenvalue weighted by molar-refractivity contribution is 0.575. The van der Waals surface area contributed by atoms with E-state index in [2.05, 4.69) is 16.9 Å². The van der Waals surface area contributed by atoms with Gasteiger partial charge in [0.2, 0.25) is 7.29 Å². The number of hydrogen-bond acceptors (Lipinski definition) is 2. The lowest BCUT2D eigenvalue weighted by atomic mass is 10.2. The molecule has 2 nitrogen and oxygen atoms in total. The van der Waals surface area contributed by atoms with E-state index in [1.165, 1.54) is 0 Å². The van der Waals surface area contributed by atoms with Crippen LogP contribution in [0.3, 0.4) is 0 Å². The van der Waals surface area contributed by atoms with Crippen LogP contribution in [0.5, 0.6) is 0 Å². The zero-order valence-corrected chi connectivity index (χ0v) is 17.4. The van der Waals surface area contributed by atoms with Gasteiger partial charge in [0.1, 0.15) is 6.04 Å². The summed E-state index contributed by atoms with van der Waals surface area (Å²) in [6.07, 6.45) is 0. The molecule has 0 radical (unpaired) electrons. The molecule has 0 aliphatic carbocycles. The molecule has 0 fully saturated rings. The summed E-state index contributed by atoms with van der Waals surface area (Å²) in [4.78, 5) is 1.04. The average Bonchev–Trinajstić information content (AvgIpc) is 3.33. The third-order valence-electron chi connectivity index (χ3n) is 4.51. The van der Waals surface area contributed by atoms with Crippen LogP contribution >= 0.6 is 18.6 Å². The second-order valence-electron chi connectivity index (χ2n) is 6.49. The third-order valence-corrected chi connectivity index (χ3v) is 8.12. The summed E-state index contributed by atoms with van der Waals surface area (Å²) < 4.78 is 14.4. The van der Waals surface area contributed by atoms with E-state index in [0.717, 1.165) is 21.0 Å². The van der Waals surface area contributed by atoms with E-state index in [0.29, 0.717) is 0 Å². The van der Waals surface area contributed by atoms with Crippen molar-refractivity contribution in [3.63, 3.8) is 0 Å². The molecule has 0 bridgehead atoms. The van der Waals surface area contributed by atoms with Crippen molar-refractivity contribution in [1.82, 2.24) is 5.09 Å². The van der Waals surface area contributed by atoms with E-state index in [9.17, 15) is 4.57 Å². The summed E-state index contributed by atoms with van der Waals surface area (Å²) in [5, 5.41) is 6.99. The summed E-state index contributed by atoms with van der Waals surface area (Å²) in [5.74, 6) is 6.54. The fourth-order valence-electron chi connectivity index (χ4n) is 3.06. The normalized spacial score (nSPS) is 12.0. The molecule has 0 saturated heterocycles. The molecule has 0 saturated carbocycles. The number of rotatable bonds is 5. The predicted molar refractivity (Wildman–Crippen MR) is 123 cm³/mol. The molecule has 4 rings (SSSR count). The van der Waals surface area contributed by atoms with Crippen molar-refractivity contribution in [2.24, 2.45) is 0 Å². The van der Waals surface area contributed by atoms with Crippen LogP contribution in [0.25, 0.3) is 0 Å². The minimum atomic E-state index is -3.09. The Kier molecular flexibility index (Phi) is 6.08. The number of thiophene rings is 1. The lowest BCUT2D eigenvalue weighted by Crippen LogP contribution is -2.29. The van der Waals surface area contributed by atoms with Crippen molar-refractivity contribution < 1.29 is 4.57 Å². The van der Waals surface area contributed by atoms with Gasteiger partial charge in [-0.2, -0.15) is 0 Å². The van der Waals surface area contributed by atoms with Crippen molar-refractivity contribution in [3.05, 3.63) is 119 Å². The van der Waals surface area contributed by atoms with E-state index < -0.39 is 7.29 Å². The molecule has 0 aliphatic rings. The Balaban J connectivity index is 1.78. The Labute approximate surface area is 175 Å². The van der Waals surface area contributed by atoms with E-state index in [1.807, 2.05) is 109 Å². The second kappa shape index (κ2) is 9.07. The Hall–Kier alpha value is -2.89. The monoisotopic (exact) mass is 413 g/mol. The van der Waals surface area contributed by atoms with Crippen LogP contribution in [0.1, 0.15) is 16.5 Å². The van der Waals surface area contributed by atoms with Crippen LogP contribution in [0.4, 0.5) is 0 Å². The second-order valence-corrected chi connectivity index (χ2v) is 9.98. The molecule has 1 aromatic heterocycles. The molecule has 1 atom stereocenters. The van der Waals surface area contributed by atoms with E-state index in [1.54, 1.807) is 11.3 Å². The Morgan fingerprint density at radius 2 is 1.28 bits per heavy atom. The predicted octanol–water partition coefficient (Wildman–Crippen LogP) is 5.36. The highest BCUT2D eigenvalue weighted by Gasteiger charge is 2.30. The van der Waals surface area contributed by atoms with Crippen LogP contribution in [-0.4, -0.2) is 0 Å². The number of nitrogens with one attached hydrogen (secondary N) is 1. The molecule has 0 aliphatic heterocycles. The minimum Gasteiger partial charge on any atom is -0.296 e. The first kappa shape index (κ1) is 19.4. The number of benzene rings is 3. The van der Waals surface area contributed by atoms with Crippen molar-refractivity contribution >= 4 is 29.2 Å². The Morgan fingerprint density at radius 1 is 0.724 bits per heavy atom. The minimum absolute atomic E-state index is 0.346. The first-order chi connectivity index (χ1) is 14.3. The average molecular weight is 413 g/mol. The van der Waals surface area contributed by atoms with Crippen LogP contribution in [0, 0.1) is 11.8 Å². The molecule has 142 valence electrons. The fourth-order valence-corrected chi connectivity index (χ4v) is 6.22. The van der Waals surface area contributed by atoms with Gasteiger partial charge in [0.15, 0.2) is 0 Å². The first-order valence-corrected chi connectivity index (χ1v) is 11.9. The lowest BCUT2D eigenvalue weighted by Gasteiger charge is -2.24. The maximum atomic E-state index is 14.4. The van der Waals surface area contributed by atoms with Crippen LogP contribution in [-0.2, 0) is 4.57 Å². The van der Waals surface area contributed by atoms with Gasteiger partial charge >= 0.3 is 0 Å². The zero-order valence-electron chi connectivity index (χ0n) is 15.7. The molecular formula is C25H20NOPS. The van der Waals surface area contributed by atoms with Crippen LogP contribution in [0.15, 0.2) is 109 Å². The molecule has 3 aromatic carbocycles. The van der Waals surface area contributed by atoms with E-state index in [4.69, 9.17) is 0 Å². The maximum Gasteiger partial charge on any atom is 0.205 e. The summed E-state index contributed by atoms with van der Waals surface area (Å²) >= 11 is 1.61. The maximum absolute atomic E-state index is 14.4. The highest BCUT2D eigenvalue weighted by atomic mass is 32.1. The summed E-state index contributed by atoms with van der Waals surface area (Å²) in [6.45, 7) is 0. The molecule has 29 heavy (non-hydrogen) atoms. The quantitative estimate of drug-likeness (QED) is 0.353. The van der Waals surface area contributed by atoms with Crippen molar-refractivity contribution in [3.8, 4) is 11.8 Å². The van der Waals surface area contributed by atoms with Crippen molar-refractivity contribution in [2.75, 3.05) is 0 Å². The van der Waals surface area contributed by atoms with Crippen molar-refractivity contribution in [1.29, 1.82) is 0 Å². The van der Waals surface area contributed by atoms with Gasteiger partial charge in [-0.3, -0.25) is 4.57 Å². The van der Waals surface area contributed by atoms with Crippen molar-refractivity contribution in [2.45, 2.75) is 6.04 Å². The van der Waals surface area contributed by atoms with E-state index in [-0.39, 0.29) is 6.04 Å². The Bertz CT molecular complexity index is 1100. The summed E-state index contributed by atoms with van der Waals surface area (Å²) in [6, 6.07) is 32.7. The highest BCUT2D eigenvalue weighted by molar-refractivity contribution is 7.76. The van der Waals surface area contributed by atoms with Gasteiger partial charge in [-0.25, -0.2) is 5.09 Å². The molecule has 1 unspecified atom stereocenters. The van der Waals surface area contributed by atoms with Gasteiger partial charge in [0.25, 0.3) is 0 Å². The summed E-state index contributed by atoms with van der Waals surface area (Å²) in [5.41, 5.74) is 0.935. The topological polar surface area (TPSA) is 29.1 Å². The molecular weight excluding hydrogens is 393 g/mol. The molecule has 0 spiro atoms. The summed E-state index contributed by atoms with van der Waals surface area (Å²) in [7, 11) is -3.09. The van der Waals surface area contributed by atoms with Crippen LogP contribution < -0.4 is 15.7 Å². The fraction of sp³-hybridized carbons (Fsp3) is 0.0400. The number of hydrogen-bond donors (Lipinski definition) is 1. The third kappa shape index (κ3) is 4.58. The van der Waals surface area contributed by atoms with Gasteiger partial charge in [-0.15, -0.1) is 11.3 Å². The zero-order chi connectivity index (χ0) is 19.9. The molecule has 4 heteroatoms. The first-order valence-electron chi connectivity index (χ1n) is 9.35. The van der Waals surface area contributed by atoms with E-state index >= 15 is 0 Å². The molecule has 4 aromatic rings. The molecule has 0 amide bonds. The van der Waals surface area contributed by atoms with Gasteiger partial charge in [0, 0.05) is 21.0 Å². The Morgan fingerprint density at radius 3 is 1.79 bits per heavy atom. The van der Waals surface area contributed by atoms with Gasteiger partial charge in [0.05, 0.1) is 0 Å². The SMILES string of the molecule is O=P(NC(C#Cc1ccccc1)c1cccs1)(c1ccccc1)c1ccccc1. The van der Waals surface area contributed by atoms with Gasteiger partial charge in [-0.1, -0.05) is 72.5 Å². The molecule has 1 N–H and O–H groups in total. The smallest absolute Gasteiger partial charge is 0.205 e. The van der Waals surface area contributed by atoms with Crippen LogP contribution in [0.2, 0.25) is 0 Å². The molecule has 1 heterocycles.